The van der Waals surface area contributed by atoms with Crippen LogP contribution in [0, 0.1) is 11.2 Å². The van der Waals surface area contributed by atoms with Crippen molar-refractivity contribution in [3.8, 4) is 0 Å². The molecule has 10 heteroatoms. The van der Waals surface area contributed by atoms with Crippen LogP contribution in [0.25, 0.3) is 0 Å². The van der Waals surface area contributed by atoms with Crippen LogP contribution in [0.2, 0.25) is 0 Å². The van der Waals surface area contributed by atoms with Crippen LogP contribution >= 0.6 is 0 Å². The molecule has 37 heavy (non-hydrogen) atoms. The molecule has 3 heterocycles. The predicted molar refractivity (Wildman–Crippen MR) is 139 cm³/mol. The highest BCUT2D eigenvalue weighted by Crippen LogP contribution is 2.44. The van der Waals surface area contributed by atoms with E-state index in [1.165, 1.54) is 12.1 Å². The number of hydrogen-bond acceptors (Lipinski definition) is 6. The Bertz CT molecular complexity index is 966. The summed E-state index contributed by atoms with van der Waals surface area (Å²) >= 11 is 0. The van der Waals surface area contributed by atoms with Crippen molar-refractivity contribution in [2.24, 2.45) is 5.41 Å². The molecule has 1 spiro atoms. The van der Waals surface area contributed by atoms with E-state index < -0.39 is 11.5 Å². The van der Waals surface area contributed by atoms with E-state index in [0.29, 0.717) is 32.0 Å². The van der Waals surface area contributed by atoms with E-state index in [1.807, 2.05) is 24.1 Å². The number of nitrogens with zero attached hydrogens (tertiary/aromatic N) is 4. The third kappa shape index (κ3) is 6.17. The number of benzene rings is 1. The van der Waals surface area contributed by atoms with Crippen LogP contribution in [0.15, 0.2) is 24.3 Å². The molecule has 3 aliphatic rings. The van der Waals surface area contributed by atoms with Crippen LogP contribution in [-0.2, 0) is 14.3 Å². The Labute approximate surface area is 218 Å². The lowest BCUT2D eigenvalue weighted by Crippen LogP contribution is -2.52. The number of rotatable bonds is 7. The van der Waals surface area contributed by atoms with Crippen LogP contribution in [0.4, 0.5) is 14.9 Å². The largest absolute Gasteiger partial charge is 0.450 e. The van der Waals surface area contributed by atoms with Gasteiger partial charge in [0.05, 0.1) is 12.0 Å². The van der Waals surface area contributed by atoms with Crippen molar-refractivity contribution in [3.05, 3.63) is 30.1 Å². The molecule has 1 aromatic rings. The van der Waals surface area contributed by atoms with E-state index in [1.54, 1.807) is 11.8 Å². The number of hydrogen-bond donors (Lipinski definition) is 1. The van der Waals surface area contributed by atoms with Crippen LogP contribution in [0.5, 0.6) is 0 Å². The van der Waals surface area contributed by atoms with Gasteiger partial charge >= 0.3 is 6.09 Å². The summed E-state index contributed by atoms with van der Waals surface area (Å²) in [5, 5.41) is 2.48. The predicted octanol–water partition coefficient (Wildman–Crippen LogP) is 2.31. The molecule has 2 atom stereocenters. The summed E-state index contributed by atoms with van der Waals surface area (Å²) in [4.78, 5) is 45.7. The molecule has 3 aliphatic heterocycles. The fourth-order valence-electron chi connectivity index (χ4n) is 6.08. The van der Waals surface area contributed by atoms with Crippen molar-refractivity contribution in [3.63, 3.8) is 0 Å². The Balaban J connectivity index is 1.24. The van der Waals surface area contributed by atoms with Gasteiger partial charge in [0.15, 0.2) is 0 Å². The first kappa shape index (κ1) is 27.2. The fraction of sp³-hybridized carbons (Fsp3) is 0.667. The van der Waals surface area contributed by atoms with Gasteiger partial charge in [-0.25, -0.2) is 9.18 Å². The fourth-order valence-corrected chi connectivity index (χ4v) is 6.08. The van der Waals surface area contributed by atoms with E-state index in [9.17, 15) is 18.8 Å². The number of anilines is 1. The van der Waals surface area contributed by atoms with Gasteiger partial charge in [-0.05, 0) is 63.8 Å². The number of piperidine rings is 1. The van der Waals surface area contributed by atoms with Crippen molar-refractivity contribution >= 4 is 23.6 Å². The Kier molecular flexibility index (Phi) is 8.56. The Hall–Kier alpha value is -2.88. The van der Waals surface area contributed by atoms with E-state index >= 15 is 0 Å². The molecule has 3 saturated heterocycles. The lowest BCUT2D eigenvalue weighted by Gasteiger charge is -2.41. The number of likely N-dealkylation sites (tertiary alicyclic amines) is 2. The maximum atomic E-state index is 13.3. The summed E-state index contributed by atoms with van der Waals surface area (Å²) in [7, 11) is 1.92. The number of carbonyl (C=O) groups is 3. The second-order valence-corrected chi connectivity index (χ2v) is 10.6. The van der Waals surface area contributed by atoms with E-state index in [-0.39, 0.29) is 36.8 Å². The molecule has 0 unspecified atom stereocenters. The highest BCUT2D eigenvalue weighted by atomic mass is 19.1. The molecule has 0 saturated carbocycles. The zero-order valence-corrected chi connectivity index (χ0v) is 22.2. The standard InChI is InChI=1S/C27H40FN5O4/c1-4-37-26(36)29-18-24(34)32-13-10-27(11-14-32)17-23(30(3)25(27)35)9-12-31-15-16-33(19-20(31)2)22-7-5-21(28)6-8-22/h5-8,20,23H,4,9-19H2,1-3H3,(H,29,36)/t20-,23-/m0/s1. The number of piperazine rings is 1. The highest BCUT2D eigenvalue weighted by Gasteiger charge is 2.51. The monoisotopic (exact) mass is 517 g/mol. The van der Waals surface area contributed by atoms with Gasteiger partial charge in [-0.1, -0.05) is 0 Å². The van der Waals surface area contributed by atoms with Crippen LogP contribution in [0.3, 0.4) is 0 Å². The maximum Gasteiger partial charge on any atom is 0.407 e. The summed E-state index contributed by atoms with van der Waals surface area (Å²) in [6, 6.07) is 7.26. The zero-order valence-electron chi connectivity index (χ0n) is 22.2. The van der Waals surface area contributed by atoms with Crippen molar-refractivity contribution in [2.75, 3.05) is 64.4 Å². The van der Waals surface area contributed by atoms with Gasteiger partial charge in [0.1, 0.15) is 12.4 Å². The molecule has 0 aliphatic carbocycles. The van der Waals surface area contributed by atoms with Crippen molar-refractivity contribution in [1.29, 1.82) is 0 Å². The SMILES string of the molecule is CCOC(=O)NCC(=O)N1CCC2(CC1)C[C@H](CCN1CCN(c3ccc(F)cc3)C[C@@H]1C)N(C)C2=O. The Morgan fingerprint density at radius 3 is 2.49 bits per heavy atom. The second kappa shape index (κ2) is 11.7. The van der Waals surface area contributed by atoms with Gasteiger partial charge < -0.3 is 24.8 Å². The molecule has 0 aromatic heterocycles. The van der Waals surface area contributed by atoms with E-state index in [2.05, 4.69) is 22.0 Å². The maximum absolute atomic E-state index is 13.3. The summed E-state index contributed by atoms with van der Waals surface area (Å²) in [6.07, 6.45) is 2.48. The number of ether oxygens (including phenoxy) is 1. The third-order valence-corrected chi connectivity index (χ3v) is 8.39. The highest BCUT2D eigenvalue weighted by molar-refractivity contribution is 5.86. The summed E-state index contributed by atoms with van der Waals surface area (Å²) in [6.45, 7) is 8.82. The average molecular weight is 518 g/mol. The molecule has 3 fully saturated rings. The van der Waals surface area contributed by atoms with Gasteiger partial charge in [0.25, 0.3) is 0 Å². The Morgan fingerprint density at radius 2 is 1.84 bits per heavy atom. The van der Waals surface area contributed by atoms with Crippen molar-refractivity contribution in [2.45, 2.75) is 51.6 Å². The van der Waals surface area contributed by atoms with Gasteiger partial charge in [0.2, 0.25) is 11.8 Å². The van der Waals surface area contributed by atoms with Crippen LogP contribution < -0.4 is 10.2 Å². The smallest absolute Gasteiger partial charge is 0.407 e. The molecule has 4 rings (SSSR count). The summed E-state index contributed by atoms with van der Waals surface area (Å²) < 4.78 is 18.1. The van der Waals surface area contributed by atoms with Crippen LogP contribution in [-0.4, -0.2) is 104 Å². The summed E-state index contributed by atoms with van der Waals surface area (Å²) in [5.74, 6) is -0.165. The minimum Gasteiger partial charge on any atom is -0.450 e. The Morgan fingerprint density at radius 1 is 1.14 bits per heavy atom. The van der Waals surface area contributed by atoms with Gasteiger partial charge in [-0.15, -0.1) is 0 Å². The minimum atomic E-state index is -0.592. The first-order chi connectivity index (χ1) is 17.7. The molecule has 0 radical (unpaired) electrons. The lowest BCUT2D eigenvalue weighted by atomic mass is 9.75. The average Bonchev–Trinajstić information content (AvgIpc) is 3.12. The number of amides is 3. The first-order valence-electron chi connectivity index (χ1n) is 13.4. The first-order valence-corrected chi connectivity index (χ1v) is 13.4. The number of halogens is 1. The molecule has 9 nitrogen and oxygen atoms in total. The third-order valence-electron chi connectivity index (χ3n) is 8.39. The molecule has 204 valence electrons. The van der Waals surface area contributed by atoms with Crippen molar-refractivity contribution in [1.82, 2.24) is 20.0 Å². The van der Waals surface area contributed by atoms with Gasteiger partial charge in [0, 0.05) is 64.1 Å². The van der Waals surface area contributed by atoms with Crippen LogP contribution in [0.1, 0.15) is 39.5 Å². The normalized spacial score (nSPS) is 24.0. The summed E-state index contributed by atoms with van der Waals surface area (Å²) in [5.41, 5.74) is 0.662. The second-order valence-electron chi connectivity index (χ2n) is 10.6. The number of alkyl carbamates (subject to hydrolysis) is 1. The molecular formula is C27H40FN5O4. The molecule has 0 bridgehead atoms. The number of nitrogens with one attached hydrogen (secondary N) is 1. The quantitative estimate of drug-likeness (QED) is 0.598. The lowest BCUT2D eigenvalue weighted by molar-refractivity contribution is -0.141. The molecule has 3 amide bonds. The van der Waals surface area contributed by atoms with Crippen molar-refractivity contribution < 1.29 is 23.5 Å². The molecule has 1 N–H and O–H groups in total. The minimum absolute atomic E-state index is 0.0884. The van der Waals surface area contributed by atoms with Gasteiger partial charge in [-0.2, -0.15) is 0 Å². The van der Waals surface area contributed by atoms with Gasteiger partial charge in [-0.3, -0.25) is 14.5 Å². The molecule has 1 aromatic carbocycles. The van der Waals surface area contributed by atoms with E-state index in [0.717, 1.165) is 44.7 Å². The number of carbonyl (C=O) groups excluding carboxylic acids is 3. The molecular weight excluding hydrogens is 477 g/mol. The van der Waals surface area contributed by atoms with E-state index in [4.69, 9.17) is 4.74 Å². The zero-order chi connectivity index (χ0) is 26.6. The topological polar surface area (TPSA) is 85.4 Å².